The second kappa shape index (κ2) is 16.4. The van der Waals surface area contributed by atoms with Gasteiger partial charge in [-0.3, -0.25) is 0 Å². The minimum absolute atomic E-state index is 0. The Morgan fingerprint density at radius 3 is 1.27 bits per heavy atom. The van der Waals surface area contributed by atoms with Crippen LogP contribution in [-0.2, 0) is 0 Å². The van der Waals surface area contributed by atoms with Crippen LogP contribution in [0.15, 0.2) is 138 Å². The molecule has 2 N–H and O–H groups in total. The van der Waals surface area contributed by atoms with E-state index in [9.17, 15) is 0 Å². The van der Waals surface area contributed by atoms with Crippen molar-refractivity contribution in [1.29, 1.82) is 0 Å². The fourth-order valence-corrected chi connectivity index (χ4v) is 4.49. The second-order valence-electron chi connectivity index (χ2n) is 9.63. The van der Waals surface area contributed by atoms with Crippen LogP contribution in [0, 0.1) is 0 Å². The zero-order chi connectivity index (χ0) is 28.3. The van der Waals surface area contributed by atoms with E-state index in [0.29, 0.717) is 5.46 Å². The fourth-order valence-electron chi connectivity index (χ4n) is 4.23. The van der Waals surface area contributed by atoms with Gasteiger partial charge in [0.05, 0.1) is 0 Å². The molecule has 0 heterocycles. The summed E-state index contributed by atoms with van der Waals surface area (Å²) in [4.78, 5) is 0. The van der Waals surface area contributed by atoms with Gasteiger partial charge in [-0.1, -0.05) is 152 Å². The van der Waals surface area contributed by atoms with E-state index in [-0.39, 0.29) is 20.3 Å². The van der Waals surface area contributed by atoms with Gasteiger partial charge >= 0.3 is 26.0 Å². The van der Waals surface area contributed by atoms with Crippen molar-refractivity contribution in [3.8, 4) is 22.3 Å². The molecular weight excluding hydrogens is 562 g/mol. The van der Waals surface area contributed by atoms with E-state index in [0.717, 1.165) is 15.6 Å². The number of unbranched alkanes of at least 4 members (excludes halogenated alkanes) is 1. The molecule has 41 heavy (non-hydrogen) atoms. The molecule has 6 aromatic carbocycles. The maximum atomic E-state index is 9.08. The monoisotopic (exact) mass is 596 g/mol. The molecule has 0 saturated heterocycles. The van der Waals surface area contributed by atoms with Crippen LogP contribution in [0.2, 0.25) is 0 Å². The van der Waals surface area contributed by atoms with E-state index in [4.69, 9.17) is 10.0 Å². The van der Waals surface area contributed by atoms with Crippen LogP contribution < -0.4 is 24.3 Å². The Morgan fingerprint density at radius 1 is 0.512 bits per heavy atom. The average Bonchev–Trinajstić information content (AvgIpc) is 3.01. The Labute approximate surface area is 266 Å². The van der Waals surface area contributed by atoms with Crippen molar-refractivity contribution < 1.29 is 30.3 Å². The number of hydrogen-bond acceptors (Lipinski definition) is 2. The molecule has 0 aliphatic carbocycles. The predicted octanol–water partition coefficient (Wildman–Crippen LogP) is 6.38. The molecule has 0 aliphatic heterocycles. The molecule has 0 atom stereocenters. The van der Waals surface area contributed by atoms with Gasteiger partial charge in [-0.15, -0.1) is 0 Å². The molecule has 2 nitrogen and oxygen atoms in total. The number of hydrogen-bond donors (Lipinski definition) is 2. The summed E-state index contributed by atoms with van der Waals surface area (Å²) in [6, 6.07) is 45.2. The first kappa shape index (κ1) is 32.4. The molecule has 0 unspecified atom stereocenters. The predicted molar refractivity (Wildman–Crippen MR) is 178 cm³/mol. The van der Waals surface area contributed by atoms with E-state index >= 15 is 0 Å². The fraction of sp³-hybridized carbons (Fsp3) is 0.111. The Balaban J connectivity index is 0.000000251. The summed E-state index contributed by atoms with van der Waals surface area (Å²) in [5, 5.41) is 23.2. The van der Waals surface area contributed by atoms with E-state index in [2.05, 4.69) is 127 Å². The standard InChI is InChI=1S/C16H13BO2.C16H11Br.C4H10.Li.H/c18-17(19)16-9-7-13(8-10-16)15-6-5-12-3-1-2-4-14(12)11-15;17-16-9-7-13(8-10-16)15-6-5-12-3-1-2-4-14(12)11-15;1-3-4-2;;/h1-11,18-19H;1-11H;3-4H2,1-2H3;;/q;;;+1;-1. The first-order valence-electron chi connectivity index (χ1n) is 13.7. The topological polar surface area (TPSA) is 40.5 Å². The number of rotatable bonds is 4. The second-order valence-corrected chi connectivity index (χ2v) is 10.5. The molecule has 6 rings (SSSR count). The van der Waals surface area contributed by atoms with Crippen molar-refractivity contribution in [1.82, 2.24) is 0 Å². The number of benzene rings is 6. The SMILES string of the molecule is Brc1ccc(-c2ccc3ccccc3c2)cc1.CCCC.OB(O)c1ccc(-c2ccc3ccccc3c2)cc1.[H-].[Li+]. The van der Waals surface area contributed by atoms with Crippen LogP contribution in [0.4, 0.5) is 0 Å². The Morgan fingerprint density at radius 2 is 0.878 bits per heavy atom. The van der Waals surface area contributed by atoms with Crippen LogP contribution in [0.25, 0.3) is 43.8 Å². The average molecular weight is 597 g/mol. The van der Waals surface area contributed by atoms with Crippen molar-refractivity contribution in [3.63, 3.8) is 0 Å². The van der Waals surface area contributed by atoms with Gasteiger partial charge in [0.1, 0.15) is 0 Å². The summed E-state index contributed by atoms with van der Waals surface area (Å²) in [5.74, 6) is 0. The molecule has 5 heteroatoms. The van der Waals surface area contributed by atoms with Crippen LogP contribution >= 0.6 is 15.9 Å². The van der Waals surface area contributed by atoms with E-state index in [1.807, 2.05) is 24.3 Å². The Kier molecular flexibility index (Phi) is 12.9. The third kappa shape index (κ3) is 9.20. The molecule has 0 aromatic heterocycles. The Bertz CT molecular complexity index is 1660. The maximum absolute atomic E-state index is 9.08. The van der Waals surface area contributed by atoms with Gasteiger partial charge in [-0.2, -0.15) is 0 Å². The molecule has 0 bridgehead atoms. The van der Waals surface area contributed by atoms with Gasteiger partial charge in [0.2, 0.25) is 0 Å². The third-order valence-electron chi connectivity index (χ3n) is 6.72. The Hall–Kier alpha value is -3.10. The van der Waals surface area contributed by atoms with Gasteiger partial charge in [0.25, 0.3) is 0 Å². The van der Waals surface area contributed by atoms with Gasteiger partial charge in [-0.05, 0) is 73.5 Å². The summed E-state index contributed by atoms with van der Waals surface area (Å²) in [6.45, 7) is 4.36. The van der Waals surface area contributed by atoms with Gasteiger partial charge < -0.3 is 11.5 Å². The summed E-state index contributed by atoms with van der Waals surface area (Å²) >= 11 is 3.46. The molecule has 6 aromatic rings. The van der Waals surface area contributed by atoms with E-state index in [1.165, 1.54) is 45.5 Å². The van der Waals surface area contributed by atoms with Crippen LogP contribution in [0.1, 0.15) is 28.1 Å². The van der Waals surface area contributed by atoms with Gasteiger partial charge in [0.15, 0.2) is 0 Å². The van der Waals surface area contributed by atoms with Crippen LogP contribution in [-0.4, -0.2) is 17.2 Å². The molecule has 0 radical (unpaired) electrons. The molecule has 0 aliphatic rings. The van der Waals surface area contributed by atoms with Crippen LogP contribution in [0.3, 0.4) is 0 Å². The molecule has 0 spiro atoms. The molecular formula is C36H35BBrLiO2. The summed E-state index contributed by atoms with van der Waals surface area (Å²) < 4.78 is 1.11. The van der Waals surface area contributed by atoms with Crippen molar-refractivity contribution in [2.45, 2.75) is 26.7 Å². The molecule has 0 fully saturated rings. The normalized spacial score (nSPS) is 10.1. The van der Waals surface area contributed by atoms with Crippen molar-refractivity contribution in [2.24, 2.45) is 0 Å². The van der Waals surface area contributed by atoms with Gasteiger partial charge in [-0.25, -0.2) is 0 Å². The molecule has 202 valence electrons. The number of fused-ring (bicyclic) bond motifs is 2. The summed E-state index contributed by atoms with van der Waals surface area (Å²) in [5.41, 5.74) is 5.20. The van der Waals surface area contributed by atoms with E-state index in [1.54, 1.807) is 12.1 Å². The smallest absolute Gasteiger partial charge is 1.00 e. The largest absolute Gasteiger partial charge is 1.00 e. The third-order valence-corrected chi connectivity index (χ3v) is 7.25. The summed E-state index contributed by atoms with van der Waals surface area (Å²) in [6.07, 6.45) is 2.64. The van der Waals surface area contributed by atoms with Crippen LogP contribution in [0.5, 0.6) is 0 Å². The number of halogens is 1. The first-order chi connectivity index (χ1) is 19.5. The molecule has 0 saturated carbocycles. The van der Waals surface area contributed by atoms with Crippen molar-refractivity contribution >= 4 is 50.1 Å². The van der Waals surface area contributed by atoms with Crippen molar-refractivity contribution in [2.75, 3.05) is 0 Å². The molecule has 0 amide bonds. The van der Waals surface area contributed by atoms with E-state index < -0.39 is 7.12 Å². The van der Waals surface area contributed by atoms with Crippen molar-refractivity contribution in [3.05, 3.63) is 138 Å². The zero-order valence-corrected chi connectivity index (χ0v) is 25.6. The quantitative estimate of drug-likeness (QED) is 0.232. The van der Waals surface area contributed by atoms with Gasteiger partial charge in [0, 0.05) is 4.47 Å². The maximum Gasteiger partial charge on any atom is 1.00 e. The zero-order valence-electron chi connectivity index (χ0n) is 25.0. The summed E-state index contributed by atoms with van der Waals surface area (Å²) in [7, 11) is -1.41. The minimum Gasteiger partial charge on any atom is -1.00 e. The minimum atomic E-state index is -1.41. The first-order valence-corrected chi connectivity index (χ1v) is 14.5.